The average Bonchev–Trinajstić information content (AvgIpc) is 3.01. The zero-order chi connectivity index (χ0) is 24.5. The van der Waals surface area contributed by atoms with E-state index in [-0.39, 0.29) is 6.07 Å². The van der Waals surface area contributed by atoms with Crippen molar-refractivity contribution >= 4 is 35.1 Å². The maximum atomic E-state index is 13.2. The normalized spacial score (nSPS) is 21.4. The Morgan fingerprint density at radius 1 is 1.21 bits per heavy atom. The number of ether oxygens (including phenoxy) is 1. The van der Waals surface area contributed by atoms with E-state index >= 15 is 0 Å². The van der Waals surface area contributed by atoms with Crippen LogP contribution in [0, 0.1) is 22.0 Å². The number of rotatable bonds is 6. The lowest BCUT2D eigenvalue weighted by Gasteiger charge is -2.21. The van der Waals surface area contributed by atoms with Crippen molar-refractivity contribution in [1.82, 2.24) is 4.90 Å². The molecule has 1 saturated carbocycles. The van der Waals surface area contributed by atoms with E-state index in [0.717, 1.165) is 23.8 Å². The number of esters is 1. The van der Waals surface area contributed by atoms with Crippen LogP contribution in [-0.2, 0) is 30.1 Å². The van der Waals surface area contributed by atoms with Crippen LogP contribution in [0.15, 0.2) is 18.2 Å². The van der Waals surface area contributed by atoms with Crippen LogP contribution in [0.1, 0.15) is 38.2 Å². The lowest BCUT2D eigenvalue weighted by atomic mass is 9.81. The predicted octanol–water partition coefficient (Wildman–Crippen LogP) is 2.66. The van der Waals surface area contributed by atoms with Crippen LogP contribution in [-0.4, -0.2) is 46.2 Å². The Morgan fingerprint density at radius 3 is 2.30 bits per heavy atom. The molecule has 1 aromatic rings. The minimum absolute atomic E-state index is 0.272. The Hall–Kier alpha value is -3.51. The number of likely N-dealkylation sites (tertiary alicyclic amines) is 1. The fourth-order valence-corrected chi connectivity index (χ4v) is 4.11. The molecule has 0 aromatic heterocycles. The minimum atomic E-state index is -4.99. The van der Waals surface area contributed by atoms with Crippen LogP contribution in [0.25, 0.3) is 0 Å². The number of anilines is 1. The molecular weight excluding hydrogens is 451 g/mol. The van der Waals surface area contributed by atoms with Crippen molar-refractivity contribution in [2.75, 3.05) is 11.9 Å². The summed E-state index contributed by atoms with van der Waals surface area (Å²) in [4.78, 5) is 60.0. The fourth-order valence-electron chi connectivity index (χ4n) is 4.11. The quantitative estimate of drug-likeness (QED) is 0.292. The van der Waals surface area contributed by atoms with Crippen molar-refractivity contribution in [2.45, 2.75) is 44.8 Å². The zero-order valence-corrected chi connectivity index (χ0v) is 17.4. The number of carbonyl (C=O) groups is 4. The summed E-state index contributed by atoms with van der Waals surface area (Å²) in [6.07, 6.45) is -2.29. The molecule has 3 amide bonds. The standard InChI is InChI=1S/C20H20F3N3O7/c1-10(25-17(28)12-4-2-3-5-13(12)18(25)29)19(30)33-9-16(27)24-15-7-6-11(26(31)32)8-14(15)20(21,22)23/h6-8,10,12-13H,2-5,9H2,1H3,(H,24,27)/t10-,12?,13?/m0/s1. The van der Waals surface area contributed by atoms with E-state index in [0.29, 0.717) is 18.9 Å². The van der Waals surface area contributed by atoms with Gasteiger partial charge in [0.15, 0.2) is 6.61 Å². The smallest absolute Gasteiger partial charge is 0.418 e. The summed E-state index contributed by atoms with van der Waals surface area (Å²) < 4.78 is 44.4. The number of imide groups is 1. The Kier molecular flexibility index (Phi) is 6.70. The van der Waals surface area contributed by atoms with Crippen molar-refractivity contribution in [3.8, 4) is 0 Å². The molecular formula is C20H20F3N3O7. The van der Waals surface area contributed by atoms with E-state index in [1.54, 1.807) is 0 Å². The summed E-state index contributed by atoms with van der Waals surface area (Å²) in [6.45, 7) is 0.284. The second-order valence-corrected chi connectivity index (χ2v) is 7.86. The number of hydrogen-bond acceptors (Lipinski definition) is 7. The van der Waals surface area contributed by atoms with Gasteiger partial charge in [0.1, 0.15) is 6.04 Å². The zero-order valence-electron chi connectivity index (χ0n) is 17.4. The van der Waals surface area contributed by atoms with E-state index in [2.05, 4.69) is 0 Å². The molecule has 33 heavy (non-hydrogen) atoms. The third-order valence-corrected chi connectivity index (χ3v) is 5.74. The maximum absolute atomic E-state index is 13.2. The molecule has 1 saturated heterocycles. The number of amides is 3. The highest BCUT2D eigenvalue weighted by atomic mass is 19.4. The molecule has 1 aliphatic carbocycles. The van der Waals surface area contributed by atoms with Crippen molar-refractivity contribution in [2.24, 2.45) is 11.8 Å². The molecule has 3 rings (SSSR count). The van der Waals surface area contributed by atoms with Crippen LogP contribution < -0.4 is 5.32 Å². The minimum Gasteiger partial charge on any atom is -0.454 e. The number of nitro groups is 1. The van der Waals surface area contributed by atoms with E-state index < -0.39 is 76.2 Å². The number of nitrogens with one attached hydrogen (secondary N) is 1. The molecule has 1 N–H and O–H groups in total. The molecule has 0 radical (unpaired) electrons. The van der Waals surface area contributed by atoms with Crippen LogP contribution in [0.5, 0.6) is 0 Å². The largest absolute Gasteiger partial charge is 0.454 e. The summed E-state index contributed by atoms with van der Waals surface area (Å²) >= 11 is 0. The van der Waals surface area contributed by atoms with Crippen molar-refractivity contribution < 1.29 is 42.0 Å². The van der Waals surface area contributed by atoms with Crippen LogP contribution >= 0.6 is 0 Å². The third kappa shape index (κ3) is 4.96. The number of fused-ring (bicyclic) bond motifs is 1. The Morgan fingerprint density at radius 2 is 1.79 bits per heavy atom. The van der Waals surface area contributed by atoms with E-state index in [9.17, 15) is 42.5 Å². The molecule has 1 heterocycles. The first-order valence-corrected chi connectivity index (χ1v) is 10.1. The van der Waals surface area contributed by atoms with Crippen molar-refractivity contribution in [3.63, 3.8) is 0 Å². The third-order valence-electron chi connectivity index (χ3n) is 5.74. The molecule has 0 spiro atoms. The molecule has 2 fully saturated rings. The predicted molar refractivity (Wildman–Crippen MR) is 104 cm³/mol. The lowest BCUT2D eigenvalue weighted by molar-refractivity contribution is -0.385. The lowest BCUT2D eigenvalue weighted by Crippen LogP contribution is -2.45. The van der Waals surface area contributed by atoms with E-state index in [4.69, 9.17) is 4.74 Å². The summed E-state index contributed by atoms with van der Waals surface area (Å²) in [6, 6.07) is 0.470. The monoisotopic (exact) mass is 471 g/mol. The van der Waals surface area contributed by atoms with Gasteiger partial charge in [-0.1, -0.05) is 12.8 Å². The molecule has 13 heteroatoms. The molecule has 0 bridgehead atoms. The van der Waals surface area contributed by atoms with Gasteiger partial charge in [-0.05, 0) is 25.8 Å². The van der Waals surface area contributed by atoms with Gasteiger partial charge < -0.3 is 10.1 Å². The van der Waals surface area contributed by atoms with Crippen LogP contribution in [0.2, 0.25) is 0 Å². The van der Waals surface area contributed by atoms with Crippen LogP contribution in [0.4, 0.5) is 24.5 Å². The number of alkyl halides is 3. The molecule has 3 atom stereocenters. The molecule has 2 unspecified atom stereocenters. The molecule has 178 valence electrons. The summed E-state index contributed by atoms with van der Waals surface area (Å²) in [5.74, 6) is -4.10. The topological polar surface area (TPSA) is 136 Å². The first kappa shape index (κ1) is 24.1. The van der Waals surface area contributed by atoms with Gasteiger partial charge in [-0.25, -0.2) is 4.79 Å². The Balaban J connectivity index is 1.63. The second kappa shape index (κ2) is 9.16. The van der Waals surface area contributed by atoms with Gasteiger partial charge >= 0.3 is 12.1 Å². The van der Waals surface area contributed by atoms with Crippen molar-refractivity contribution in [1.29, 1.82) is 0 Å². The Bertz CT molecular complexity index is 987. The first-order chi connectivity index (χ1) is 15.4. The van der Waals surface area contributed by atoms with Crippen molar-refractivity contribution in [3.05, 3.63) is 33.9 Å². The number of non-ortho nitro benzene ring substituents is 1. The van der Waals surface area contributed by atoms with Gasteiger partial charge in [0.2, 0.25) is 11.8 Å². The number of nitrogens with zero attached hydrogens (tertiary/aromatic N) is 2. The maximum Gasteiger partial charge on any atom is 0.418 e. The number of benzene rings is 1. The van der Waals surface area contributed by atoms with Gasteiger partial charge in [0.05, 0.1) is 28.0 Å². The molecule has 1 aromatic carbocycles. The summed E-state index contributed by atoms with van der Waals surface area (Å²) in [5.41, 5.74) is -3.02. The van der Waals surface area contributed by atoms with Gasteiger partial charge in [-0.2, -0.15) is 13.2 Å². The highest BCUT2D eigenvalue weighted by Crippen LogP contribution is 2.39. The van der Waals surface area contributed by atoms with Gasteiger partial charge in [-0.15, -0.1) is 0 Å². The average molecular weight is 471 g/mol. The number of carbonyl (C=O) groups excluding carboxylic acids is 4. The number of hydrogen-bond donors (Lipinski definition) is 1. The highest BCUT2D eigenvalue weighted by molar-refractivity contribution is 6.08. The van der Waals surface area contributed by atoms with E-state index in [1.807, 2.05) is 5.32 Å². The van der Waals surface area contributed by atoms with Crippen LogP contribution in [0.3, 0.4) is 0 Å². The highest BCUT2D eigenvalue weighted by Gasteiger charge is 2.51. The first-order valence-electron chi connectivity index (χ1n) is 10.1. The fraction of sp³-hybridized carbons (Fsp3) is 0.500. The van der Waals surface area contributed by atoms with E-state index in [1.165, 1.54) is 6.92 Å². The van der Waals surface area contributed by atoms with Gasteiger partial charge in [0, 0.05) is 12.1 Å². The van der Waals surface area contributed by atoms with Gasteiger partial charge in [0.25, 0.3) is 11.6 Å². The Labute approximate surface area is 185 Å². The number of halogens is 3. The number of nitro benzene ring substituents is 1. The summed E-state index contributed by atoms with van der Waals surface area (Å²) in [5, 5.41) is 12.6. The second-order valence-electron chi connectivity index (χ2n) is 7.86. The SMILES string of the molecule is C[C@@H](C(=O)OCC(=O)Nc1ccc([N+](=O)[O-])cc1C(F)(F)F)N1C(=O)C2CCCCC2C1=O. The molecule has 10 nitrogen and oxygen atoms in total. The van der Waals surface area contributed by atoms with Gasteiger partial charge in [-0.3, -0.25) is 29.4 Å². The molecule has 2 aliphatic rings. The summed E-state index contributed by atoms with van der Waals surface area (Å²) in [7, 11) is 0. The molecule has 1 aliphatic heterocycles.